The number of carbonyl (C=O) groups excluding carboxylic acids is 1. The van der Waals surface area contributed by atoms with Crippen molar-refractivity contribution in [1.29, 1.82) is 0 Å². The molecule has 24 heavy (non-hydrogen) atoms. The number of para-hydroxylation sites is 1. The molecule has 1 aromatic heterocycles. The van der Waals surface area contributed by atoms with Crippen LogP contribution in [0.3, 0.4) is 0 Å². The molecular formula is C18H21N3O3. The Labute approximate surface area is 140 Å². The highest BCUT2D eigenvalue weighted by molar-refractivity contribution is 5.94. The van der Waals surface area contributed by atoms with Gasteiger partial charge >= 0.3 is 5.97 Å². The molecule has 0 saturated carbocycles. The Kier molecular flexibility index (Phi) is 4.55. The Balaban J connectivity index is 2.21. The van der Waals surface area contributed by atoms with E-state index in [0.717, 1.165) is 28.4 Å². The molecule has 2 aromatic rings. The van der Waals surface area contributed by atoms with Crippen LogP contribution >= 0.6 is 0 Å². The molecule has 0 radical (unpaired) electrons. The molecule has 126 valence electrons. The summed E-state index contributed by atoms with van der Waals surface area (Å²) in [6.07, 6.45) is 2.42. The number of allylic oxidation sites excluding steroid dienone is 1. The number of rotatable bonds is 5. The number of anilines is 1. The molecule has 2 N–H and O–H groups in total. The van der Waals surface area contributed by atoms with Crippen LogP contribution in [0.4, 0.5) is 5.82 Å². The smallest absolute Gasteiger partial charge is 0.336 e. The average Bonchev–Trinajstić information content (AvgIpc) is 3.08. The van der Waals surface area contributed by atoms with Crippen LogP contribution in [-0.4, -0.2) is 29.9 Å². The minimum Gasteiger partial charge on any atom is -0.496 e. The van der Waals surface area contributed by atoms with Gasteiger partial charge in [0.25, 0.3) is 0 Å². The number of aromatic nitrogens is 2. The molecule has 0 fully saturated rings. The topological polar surface area (TPSA) is 76.2 Å². The van der Waals surface area contributed by atoms with Gasteiger partial charge in [-0.2, -0.15) is 5.10 Å². The minimum atomic E-state index is -0.315. The molecule has 1 unspecified atom stereocenters. The van der Waals surface area contributed by atoms with Gasteiger partial charge in [-0.05, 0) is 19.4 Å². The van der Waals surface area contributed by atoms with Crippen molar-refractivity contribution in [3.63, 3.8) is 0 Å². The first-order chi connectivity index (χ1) is 11.7. The number of esters is 1. The lowest BCUT2D eigenvalue weighted by Crippen LogP contribution is -2.25. The Hall–Kier alpha value is -2.76. The number of fused-ring (bicyclic) bond motifs is 1. The summed E-state index contributed by atoms with van der Waals surface area (Å²) in [5, 5.41) is 10.4. The second-order valence-corrected chi connectivity index (χ2v) is 5.47. The molecular weight excluding hydrogens is 306 g/mol. The summed E-state index contributed by atoms with van der Waals surface area (Å²) >= 11 is 0. The lowest BCUT2D eigenvalue weighted by atomic mass is 9.81. The Morgan fingerprint density at radius 1 is 1.25 bits per heavy atom. The van der Waals surface area contributed by atoms with Crippen LogP contribution in [0.2, 0.25) is 0 Å². The Morgan fingerprint density at radius 3 is 2.75 bits per heavy atom. The van der Waals surface area contributed by atoms with Gasteiger partial charge in [0.05, 0.1) is 31.4 Å². The normalized spacial score (nSPS) is 16.4. The van der Waals surface area contributed by atoms with E-state index < -0.39 is 0 Å². The van der Waals surface area contributed by atoms with Crippen LogP contribution in [-0.2, 0) is 9.53 Å². The molecule has 2 heterocycles. The summed E-state index contributed by atoms with van der Waals surface area (Å²) in [6, 6.07) is 7.71. The van der Waals surface area contributed by atoms with E-state index in [1.807, 2.05) is 38.1 Å². The predicted octanol–water partition coefficient (Wildman–Crippen LogP) is 3.20. The molecule has 1 aromatic carbocycles. The number of hydrogen-bond donors (Lipinski definition) is 2. The summed E-state index contributed by atoms with van der Waals surface area (Å²) in [5.41, 5.74) is 3.26. The summed E-state index contributed by atoms with van der Waals surface area (Å²) in [5.74, 6) is 0.930. The van der Waals surface area contributed by atoms with Gasteiger partial charge in [-0.25, -0.2) is 4.79 Å². The van der Waals surface area contributed by atoms with E-state index in [1.54, 1.807) is 13.3 Å². The maximum absolute atomic E-state index is 12.7. The van der Waals surface area contributed by atoms with Gasteiger partial charge in [-0.3, -0.25) is 5.10 Å². The molecule has 0 saturated heterocycles. The van der Waals surface area contributed by atoms with Gasteiger partial charge < -0.3 is 14.8 Å². The number of nitrogens with zero attached hydrogens (tertiary/aromatic N) is 1. The quantitative estimate of drug-likeness (QED) is 0.825. The largest absolute Gasteiger partial charge is 0.496 e. The van der Waals surface area contributed by atoms with Crippen molar-refractivity contribution < 1.29 is 14.3 Å². The molecule has 6 nitrogen and oxygen atoms in total. The minimum absolute atomic E-state index is 0.287. The third-order valence-corrected chi connectivity index (χ3v) is 4.17. The third kappa shape index (κ3) is 2.64. The second kappa shape index (κ2) is 6.78. The number of aromatic amines is 1. The highest BCUT2D eigenvalue weighted by Gasteiger charge is 2.36. The van der Waals surface area contributed by atoms with E-state index in [-0.39, 0.29) is 11.9 Å². The molecule has 0 amide bonds. The lowest BCUT2D eigenvalue weighted by molar-refractivity contribution is -0.138. The van der Waals surface area contributed by atoms with Crippen LogP contribution in [0.1, 0.15) is 37.3 Å². The van der Waals surface area contributed by atoms with Gasteiger partial charge in [0.2, 0.25) is 0 Å². The first kappa shape index (κ1) is 16.1. The standard InChI is InChI=1S/C18H21N3O3/c1-4-13-16(18(22)24-5-2)15(12-10-19-21-17(12)20-13)11-8-6-7-9-14(11)23-3/h6-10,15H,4-5H2,1-3H3,(H2,19,20,21). The highest BCUT2D eigenvalue weighted by Crippen LogP contribution is 2.44. The first-order valence-corrected chi connectivity index (χ1v) is 8.04. The number of nitrogens with one attached hydrogen (secondary N) is 2. The van der Waals surface area contributed by atoms with Crippen LogP contribution in [0, 0.1) is 0 Å². The van der Waals surface area contributed by atoms with Gasteiger partial charge in [0.1, 0.15) is 11.6 Å². The molecule has 0 bridgehead atoms. The number of carbonyl (C=O) groups is 1. The Bertz CT molecular complexity index is 779. The monoisotopic (exact) mass is 327 g/mol. The summed E-state index contributed by atoms with van der Waals surface area (Å²) in [7, 11) is 1.63. The molecule has 6 heteroatoms. The zero-order chi connectivity index (χ0) is 17.1. The van der Waals surface area contributed by atoms with Gasteiger partial charge in [-0.1, -0.05) is 25.1 Å². The van der Waals surface area contributed by atoms with Crippen molar-refractivity contribution in [3.05, 3.63) is 52.9 Å². The van der Waals surface area contributed by atoms with Gasteiger partial charge in [0.15, 0.2) is 0 Å². The average molecular weight is 327 g/mol. The molecule has 0 aliphatic carbocycles. The molecule has 1 aliphatic rings. The Morgan fingerprint density at radius 2 is 2.04 bits per heavy atom. The number of H-pyrrole nitrogens is 1. The SMILES string of the molecule is CCOC(=O)C1=C(CC)Nc2[nH]ncc2C1c1ccccc1OC. The number of hydrogen-bond acceptors (Lipinski definition) is 5. The van der Waals surface area contributed by atoms with E-state index in [2.05, 4.69) is 15.5 Å². The maximum Gasteiger partial charge on any atom is 0.336 e. The van der Waals surface area contributed by atoms with E-state index in [0.29, 0.717) is 18.6 Å². The van der Waals surface area contributed by atoms with Crippen LogP contribution < -0.4 is 10.1 Å². The second-order valence-electron chi connectivity index (χ2n) is 5.47. The van der Waals surface area contributed by atoms with E-state index in [1.165, 1.54) is 0 Å². The number of ether oxygens (including phenoxy) is 2. The van der Waals surface area contributed by atoms with E-state index in [9.17, 15) is 4.79 Å². The van der Waals surface area contributed by atoms with Crippen LogP contribution in [0.5, 0.6) is 5.75 Å². The third-order valence-electron chi connectivity index (χ3n) is 4.17. The van der Waals surface area contributed by atoms with Crippen molar-refractivity contribution in [3.8, 4) is 5.75 Å². The zero-order valence-corrected chi connectivity index (χ0v) is 14.1. The summed E-state index contributed by atoms with van der Waals surface area (Å²) in [6.45, 7) is 4.14. The first-order valence-electron chi connectivity index (χ1n) is 8.04. The van der Waals surface area contributed by atoms with E-state index in [4.69, 9.17) is 9.47 Å². The van der Waals surface area contributed by atoms with Crippen molar-refractivity contribution in [2.24, 2.45) is 0 Å². The zero-order valence-electron chi connectivity index (χ0n) is 14.1. The fraction of sp³-hybridized carbons (Fsp3) is 0.333. The van der Waals surface area contributed by atoms with Crippen LogP contribution in [0.25, 0.3) is 0 Å². The molecule has 0 spiro atoms. The summed E-state index contributed by atoms with van der Waals surface area (Å²) in [4.78, 5) is 12.7. The van der Waals surface area contributed by atoms with Crippen molar-refractivity contribution >= 4 is 11.8 Å². The molecule has 3 rings (SSSR count). The summed E-state index contributed by atoms with van der Waals surface area (Å²) < 4.78 is 10.8. The van der Waals surface area contributed by atoms with Gasteiger partial charge in [-0.15, -0.1) is 0 Å². The van der Waals surface area contributed by atoms with Crippen molar-refractivity contribution in [2.75, 3.05) is 19.0 Å². The van der Waals surface area contributed by atoms with Gasteiger partial charge in [0, 0.05) is 16.8 Å². The highest BCUT2D eigenvalue weighted by atomic mass is 16.5. The number of benzene rings is 1. The predicted molar refractivity (Wildman–Crippen MR) is 91.0 cm³/mol. The van der Waals surface area contributed by atoms with E-state index >= 15 is 0 Å². The van der Waals surface area contributed by atoms with Crippen molar-refractivity contribution in [1.82, 2.24) is 10.2 Å². The maximum atomic E-state index is 12.7. The molecule has 1 atom stereocenters. The van der Waals surface area contributed by atoms with Crippen molar-refractivity contribution in [2.45, 2.75) is 26.2 Å². The molecule has 1 aliphatic heterocycles. The number of methoxy groups -OCH3 is 1. The van der Waals surface area contributed by atoms with Crippen LogP contribution in [0.15, 0.2) is 41.7 Å². The fourth-order valence-corrected chi connectivity index (χ4v) is 3.12. The fourth-order valence-electron chi connectivity index (χ4n) is 3.12. The lowest BCUT2D eigenvalue weighted by Gasteiger charge is -2.29.